The van der Waals surface area contributed by atoms with Gasteiger partial charge in [-0.2, -0.15) is 0 Å². The minimum Gasteiger partial charge on any atom is -0.386 e. The number of rotatable bonds is 3. The summed E-state index contributed by atoms with van der Waals surface area (Å²) in [5.74, 6) is 0. The van der Waals surface area contributed by atoms with Crippen LogP contribution < -0.4 is 0 Å². The number of ether oxygens (including phenoxy) is 1. The molecule has 0 radical (unpaired) electrons. The Morgan fingerprint density at radius 2 is 2.00 bits per heavy atom. The molecule has 142 valence electrons. The molecule has 0 amide bonds. The number of nitrogens with zero attached hydrogens (tertiary/aromatic N) is 3. The first-order chi connectivity index (χ1) is 12.8. The van der Waals surface area contributed by atoms with Gasteiger partial charge in [0.25, 0.3) is 0 Å². The number of aliphatic hydroxyl groups excluding tert-OH is 2. The van der Waals surface area contributed by atoms with E-state index < -0.39 is 30.1 Å². The maximum absolute atomic E-state index is 10.9. The molecule has 3 heterocycles. The second kappa shape index (κ2) is 6.38. The summed E-state index contributed by atoms with van der Waals surface area (Å²) < 4.78 is 7.66. The number of fused-ring (bicyclic) bond motifs is 1. The molecule has 3 aromatic rings. The molecule has 7 nitrogen and oxygen atoms in total. The van der Waals surface area contributed by atoms with Crippen molar-refractivity contribution in [1.82, 2.24) is 14.5 Å². The summed E-state index contributed by atoms with van der Waals surface area (Å²) in [6.45, 7) is 5.28. The molecule has 0 aliphatic carbocycles. The number of aromatic nitrogens is 3. The van der Waals surface area contributed by atoms with Crippen LogP contribution in [0.3, 0.4) is 0 Å². The van der Waals surface area contributed by atoms with E-state index >= 15 is 0 Å². The average molecular weight is 369 g/mol. The van der Waals surface area contributed by atoms with Crippen LogP contribution in [0, 0.1) is 13.8 Å². The van der Waals surface area contributed by atoms with Gasteiger partial charge in [-0.1, -0.05) is 29.8 Å². The smallest absolute Gasteiger partial charge is 0.164 e. The highest BCUT2D eigenvalue weighted by atomic mass is 16.6. The number of aryl methyl sites for hydroxylation is 2. The summed E-state index contributed by atoms with van der Waals surface area (Å²) >= 11 is 0. The zero-order chi connectivity index (χ0) is 19.3. The molecular weight excluding hydrogens is 346 g/mol. The van der Waals surface area contributed by atoms with Crippen molar-refractivity contribution >= 4 is 11.0 Å². The van der Waals surface area contributed by atoms with Crippen molar-refractivity contribution in [2.75, 3.05) is 0 Å². The summed E-state index contributed by atoms with van der Waals surface area (Å²) in [6, 6.07) is 9.23. The zero-order valence-corrected chi connectivity index (χ0v) is 15.4. The quantitative estimate of drug-likeness (QED) is 0.651. The molecule has 4 rings (SSSR count). The van der Waals surface area contributed by atoms with Crippen molar-refractivity contribution in [2.45, 2.75) is 50.9 Å². The molecule has 1 aliphatic rings. The largest absolute Gasteiger partial charge is 0.386 e. The predicted octanol–water partition coefficient (Wildman–Crippen LogP) is 1.79. The van der Waals surface area contributed by atoms with Gasteiger partial charge in [-0.05, 0) is 32.4 Å². The Bertz CT molecular complexity index is 984. The normalized spacial score (nSPS) is 29.3. The number of hydrogen-bond donors (Lipinski definition) is 3. The Morgan fingerprint density at radius 1 is 1.22 bits per heavy atom. The molecule has 1 aromatic carbocycles. The first-order valence-corrected chi connectivity index (χ1v) is 8.89. The highest BCUT2D eigenvalue weighted by Crippen LogP contribution is 2.43. The van der Waals surface area contributed by atoms with E-state index in [2.05, 4.69) is 9.97 Å². The van der Waals surface area contributed by atoms with Crippen LogP contribution in [-0.4, -0.2) is 47.7 Å². The maximum atomic E-state index is 10.9. The van der Waals surface area contributed by atoms with Gasteiger partial charge in [0.15, 0.2) is 6.23 Å². The van der Waals surface area contributed by atoms with Gasteiger partial charge in [-0.15, -0.1) is 0 Å². The van der Waals surface area contributed by atoms with Gasteiger partial charge in [-0.25, -0.2) is 9.97 Å². The first-order valence-electron chi connectivity index (χ1n) is 8.89. The van der Waals surface area contributed by atoms with E-state index in [1.807, 2.05) is 38.1 Å². The summed E-state index contributed by atoms with van der Waals surface area (Å²) in [7, 11) is 0. The molecule has 0 saturated carbocycles. The van der Waals surface area contributed by atoms with Gasteiger partial charge in [0.2, 0.25) is 0 Å². The summed E-state index contributed by atoms with van der Waals surface area (Å²) in [6.07, 6.45) is -1.01. The molecular formula is C20H23N3O4. The average Bonchev–Trinajstić information content (AvgIpc) is 3.15. The van der Waals surface area contributed by atoms with Crippen LogP contribution in [0.5, 0.6) is 0 Å². The van der Waals surface area contributed by atoms with Crippen molar-refractivity contribution in [1.29, 1.82) is 0 Å². The second-order valence-electron chi connectivity index (χ2n) is 7.40. The first kappa shape index (κ1) is 18.1. The Kier molecular flexibility index (Phi) is 4.27. The van der Waals surface area contributed by atoms with Gasteiger partial charge in [0.05, 0.1) is 5.69 Å². The van der Waals surface area contributed by atoms with Gasteiger partial charge in [0.1, 0.15) is 35.9 Å². The molecule has 0 spiro atoms. The molecule has 5 atom stereocenters. The van der Waals surface area contributed by atoms with E-state index in [4.69, 9.17) is 4.74 Å². The number of aliphatic hydroxyl groups is 3. The lowest BCUT2D eigenvalue weighted by molar-refractivity contribution is -0.115. The number of benzene rings is 1. The third-order valence-corrected chi connectivity index (χ3v) is 5.38. The third-order valence-electron chi connectivity index (χ3n) is 5.38. The molecule has 1 saturated heterocycles. The fraction of sp³-hybridized carbons (Fsp3) is 0.400. The minimum absolute atomic E-state index is 0.605. The Morgan fingerprint density at radius 3 is 2.74 bits per heavy atom. The van der Waals surface area contributed by atoms with Crippen molar-refractivity contribution in [3.8, 4) is 0 Å². The standard InChI is InChI=1S/C20H23N3O4/c1-11-5-4-6-13(9-11)15(24)17-20(3,26)16(25)19(27-17)23-8-7-14-12(2)21-10-22-18(14)23/h4-10,15-17,19,24-26H,1-3H3/t15-,16-,17+,19+,20-/m0/s1. The van der Waals surface area contributed by atoms with Crippen LogP contribution in [0.25, 0.3) is 11.0 Å². The van der Waals surface area contributed by atoms with E-state index in [0.29, 0.717) is 11.2 Å². The SMILES string of the molecule is Cc1cccc([C@H](O)[C@H]2O[C@@H](n3ccc4c(C)ncnc43)[C@H](O)[C@]2(C)O)c1. The highest BCUT2D eigenvalue weighted by Gasteiger charge is 2.55. The molecule has 2 aromatic heterocycles. The number of hydrogen-bond acceptors (Lipinski definition) is 6. The summed E-state index contributed by atoms with van der Waals surface area (Å²) in [5, 5.41) is 33.4. The minimum atomic E-state index is -1.65. The van der Waals surface area contributed by atoms with Gasteiger partial charge < -0.3 is 24.6 Å². The van der Waals surface area contributed by atoms with Crippen LogP contribution in [-0.2, 0) is 4.74 Å². The van der Waals surface area contributed by atoms with Gasteiger partial charge in [0, 0.05) is 11.6 Å². The lowest BCUT2D eigenvalue weighted by atomic mass is 9.88. The topological polar surface area (TPSA) is 101 Å². The van der Waals surface area contributed by atoms with Crippen molar-refractivity contribution in [2.24, 2.45) is 0 Å². The van der Waals surface area contributed by atoms with E-state index in [-0.39, 0.29) is 0 Å². The van der Waals surface area contributed by atoms with Gasteiger partial charge in [-0.3, -0.25) is 0 Å². The van der Waals surface area contributed by atoms with E-state index in [0.717, 1.165) is 16.6 Å². The van der Waals surface area contributed by atoms with Crippen LogP contribution in [0.1, 0.15) is 36.1 Å². The van der Waals surface area contributed by atoms with Gasteiger partial charge >= 0.3 is 0 Å². The molecule has 27 heavy (non-hydrogen) atoms. The van der Waals surface area contributed by atoms with E-state index in [1.165, 1.54) is 13.3 Å². The Labute approximate surface area is 156 Å². The van der Waals surface area contributed by atoms with Crippen LogP contribution in [0.2, 0.25) is 0 Å². The van der Waals surface area contributed by atoms with Crippen LogP contribution in [0.4, 0.5) is 0 Å². The fourth-order valence-electron chi connectivity index (χ4n) is 3.76. The highest BCUT2D eigenvalue weighted by molar-refractivity contribution is 5.78. The van der Waals surface area contributed by atoms with Crippen LogP contribution in [0.15, 0.2) is 42.9 Å². The van der Waals surface area contributed by atoms with E-state index in [1.54, 1.807) is 16.8 Å². The molecule has 0 bridgehead atoms. The summed E-state index contributed by atoms with van der Waals surface area (Å²) in [5.41, 5.74) is 1.39. The Hall–Kier alpha value is -2.32. The molecule has 0 unspecified atom stereocenters. The molecule has 7 heteroatoms. The molecule has 1 aliphatic heterocycles. The lowest BCUT2D eigenvalue weighted by Gasteiger charge is -2.29. The van der Waals surface area contributed by atoms with Crippen molar-refractivity contribution in [3.63, 3.8) is 0 Å². The molecule has 3 N–H and O–H groups in total. The predicted molar refractivity (Wildman–Crippen MR) is 98.9 cm³/mol. The molecule has 1 fully saturated rings. The summed E-state index contributed by atoms with van der Waals surface area (Å²) in [4.78, 5) is 8.45. The monoisotopic (exact) mass is 369 g/mol. The Balaban J connectivity index is 1.71. The van der Waals surface area contributed by atoms with Crippen molar-refractivity contribution < 1.29 is 20.1 Å². The zero-order valence-electron chi connectivity index (χ0n) is 15.4. The third kappa shape index (κ3) is 2.83. The van der Waals surface area contributed by atoms with Crippen LogP contribution >= 0.6 is 0 Å². The maximum Gasteiger partial charge on any atom is 0.164 e. The fourth-order valence-corrected chi connectivity index (χ4v) is 3.76. The van der Waals surface area contributed by atoms with E-state index in [9.17, 15) is 15.3 Å². The second-order valence-corrected chi connectivity index (χ2v) is 7.40. The lowest BCUT2D eigenvalue weighted by Crippen LogP contribution is -2.47. The van der Waals surface area contributed by atoms with Crippen molar-refractivity contribution in [3.05, 3.63) is 59.7 Å².